The second-order valence-electron chi connectivity index (χ2n) is 6.61. The lowest BCUT2D eigenvalue weighted by Gasteiger charge is -2.24. The molecule has 3 N–H and O–H groups in total. The fourth-order valence-electron chi connectivity index (χ4n) is 2.51. The molecule has 0 bridgehead atoms. The molecule has 0 aromatic heterocycles. The van der Waals surface area contributed by atoms with E-state index in [-0.39, 0.29) is 6.79 Å². The highest BCUT2D eigenvalue weighted by atomic mass is 32.2. The van der Waals surface area contributed by atoms with E-state index in [1.54, 1.807) is 18.7 Å². The maximum Gasteiger partial charge on any atom is 0.231 e. The summed E-state index contributed by atoms with van der Waals surface area (Å²) < 4.78 is 10.9. The summed E-state index contributed by atoms with van der Waals surface area (Å²) >= 11 is 1.50. The molecule has 0 aromatic carbocycles. The first kappa shape index (κ1) is 25.6. The molecule has 1 rings (SSSR count). The van der Waals surface area contributed by atoms with Crippen LogP contribution >= 0.6 is 11.8 Å². The Kier molecular flexibility index (Phi) is 11.7. The first-order valence-corrected chi connectivity index (χ1v) is 10.8. The van der Waals surface area contributed by atoms with Gasteiger partial charge < -0.3 is 30.4 Å². The quantitative estimate of drug-likeness (QED) is 0.242. The summed E-state index contributed by atoms with van der Waals surface area (Å²) in [5, 5.41) is 14.6. The van der Waals surface area contributed by atoms with Crippen LogP contribution in [0.2, 0.25) is 0 Å². The van der Waals surface area contributed by atoms with Crippen molar-refractivity contribution in [2.75, 3.05) is 33.5 Å². The van der Waals surface area contributed by atoms with Crippen molar-refractivity contribution in [2.45, 2.75) is 34.6 Å². The Hall–Kier alpha value is -2.45. The monoisotopic (exact) mass is 433 g/mol. The highest BCUT2D eigenvalue weighted by molar-refractivity contribution is 8.15. The number of hydrogen-bond acceptors (Lipinski definition) is 8. The summed E-state index contributed by atoms with van der Waals surface area (Å²) in [7, 11) is 1.97. The lowest BCUT2D eigenvalue weighted by molar-refractivity contribution is 0.0975. The lowest BCUT2D eigenvalue weighted by Crippen LogP contribution is -2.34. The molecule has 0 unspecified atom stereocenters. The SMILES string of the molecule is C=CNC(=C(N=CS/C(C)=C(C)/C=C1/OCO/C1=C/C)C(C)=N)N(C)CCNCC. The molecule has 1 aliphatic rings. The van der Waals surface area contributed by atoms with E-state index in [2.05, 4.69) is 29.1 Å². The van der Waals surface area contributed by atoms with E-state index in [9.17, 15) is 0 Å². The van der Waals surface area contributed by atoms with E-state index in [1.807, 2.05) is 44.9 Å². The largest absolute Gasteiger partial charge is 0.454 e. The number of rotatable bonds is 12. The topological polar surface area (TPSA) is 82.0 Å². The Morgan fingerprint density at radius 1 is 1.30 bits per heavy atom. The first-order valence-electron chi connectivity index (χ1n) is 9.95. The van der Waals surface area contributed by atoms with Crippen molar-refractivity contribution in [3.05, 3.63) is 58.4 Å². The van der Waals surface area contributed by atoms with Crippen LogP contribution in [0.1, 0.15) is 34.6 Å². The number of allylic oxidation sites excluding steroid dienone is 5. The number of thioether (sulfide) groups is 1. The highest BCUT2D eigenvalue weighted by Gasteiger charge is 2.15. The minimum absolute atomic E-state index is 0.250. The van der Waals surface area contributed by atoms with Crippen LogP contribution in [-0.2, 0) is 9.47 Å². The Morgan fingerprint density at radius 3 is 2.60 bits per heavy atom. The van der Waals surface area contributed by atoms with Crippen LogP contribution in [-0.4, -0.2) is 49.6 Å². The van der Waals surface area contributed by atoms with Crippen molar-refractivity contribution in [3.63, 3.8) is 0 Å². The maximum atomic E-state index is 8.17. The molecule has 0 radical (unpaired) electrons. The molecule has 0 aliphatic carbocycles. The van der Waals surface area contributed by atoms with Gasteiger partial charge >= 0.3 is 0 Å². The molecule has 0 amide bonds. The Labute approximate surface area is 185 Å². The van der Waals surface area contributed by atoms with Crippen molar-refractivity contribution in [3.8, 4) is 0 Å². The van der Waals surface area contributed by atoms with Gasteiger partial charge in [0.15, 0.2) is 11.5 Å². The van der Waals surface area contributed by atoms with Crippen molar-refractivity contribution >= 4 is 23.0 Å². The van der Waals surface area contributed by atoms with E-state index in [1.165, 1.54) is 11.8 Å². The van der Waals surface area contributed by atoms with Crippen LogP contribution in [0.5, 0.6) is 0 Å². The van der Waals surface area contributed by atoms with Gasteiger partial charge in [0.2, 0.25) is 6.79 Å². The predicted molar refractivity (Wildman–Crippen MR) is 128 cm³/mol. The summed E-state index contributed by atoms with van der Waals surface area (Å²) in [6, 6.07) is 0. The van der Waals surface area contributed by atoms with Crippen molar-refractivity contribution < 1.29 is 9.47 Å². The number of nitrogens with zero attached hydrogens (tertiary/aromatic N) is 2. The molecule has 1 fully saturated rings. The van der Waals surface area contributed by atoms with Crippen LogP contribution in [0.15, 0.2) is 63.4 Å². The average Bonchev–Trinajstić information content (AvgIpc) is 3.16. The van der Waals surface area contributed by atoms with Crippen molar-refractivity contribution in [1.29, 1.82) is 5.41 Å². The van der Waals surface area contributed by atoms with Crippen LogP contribution in [0, 0.1) is 5.41 Å². The van der Waals surface area contributed by atoms with Gasteiger partial charge in [-0.05, 0) is 63.1 Å². The van der Waals surface area contributed by atoms with Crippen LogP contribution in [0.3, 0.4) is 0 Å². The minimum Gasteiger partial charge on any atom is -0.454 e. The molecule has 1 saturated heterocycles. The Morgan fingerprint density at radius 2 is 2.00 bits per heavy atom. The van der Waals surface area contributed by atoms with E-state index in [4.69, 9.17) is 14.9 Å². The van der Waals surface area contributed by atoms with Gasteiger partial charge in [-0.3, -0.25) is 0 Å². The smallest absolute Gasteiger partial charge is 0.231 e. The van der Waals surface area contributed by atoms with Gasteiger partial charge in [0.05, 0.1) is 11.3 Å². The fraction of sp³-hybridized carbons (Fsp3) is 0.455. The van der Waals surface area contributed by atoms with Crippen molar-refractivity contribution in [1.82, 2.24) is 15.5 Å². The van der Waals surface area contributed by atoms with Gasteiger partial charge in [-0.15, -0.1) is 0 Å². The fourth-order valence-corrected chi connectivity index (χ4v) is 3.07. The summed E-state index contributed by atoms with van der Waals surface area (Å²) in [6.07, 6.45) is 5.46. The molecule has 30 heavy (non-hydrogen) atoms. The minimum atomic E-state index is 0.250. The zero-order valence-electron chi connectivity index (χ0n) is 19.0. The highest BCUT2D eigenvalue weighted by Crippen LogP contribution is 2.25. The summed E-state index contributed by atoms with van der Waals surface area (Å²) in [4.78, 5) is 7.69. The number of hydrogen-bond donors (Lipinski definition) is 3. The number of likely N-dealkylation sites (N-methyl/N-ethyl adjacent to an activating group) is 2. The van der Waals surface area contributed by atoms with E-state index in [0.717, 1.165) is 47.5 Å². The van der Waals surface area contributed by atoms with Gasteiger partial charge in [0.1, 0.15) is 11.5 Å². The number of ether oxygens (including phenoxy) is 2. The zero-order chi connectivity index (χ0) is 22.5. The van der Waals surface area contributed by atoms with Crippen LogP contribution in [0.4, 0.5) is 0 Å². The van der Waals surface area contributed by atoms with Gasteiger partial charge in [-0.25, -0.2) is 4.99 Å². The standard InChI is InChI=1S/C22H35N5O2S/c1-8-19-20(29-15-28-19)13-16(4)18(6)30-14-26-21(17(5)23)22(25-10-3)27(7)12-11-24-9-2/h8,10,13-14,23-25H,3,9,11-12,15H2,1-2,4-7H3/b18-16+,19-8+,20-13+,22-21?,23-17?,26-14?. The van der Waals surface area contributed by atoms with Crippen molar-refractivity contribution in [2.24, 2.45) is 4.99 Å². The number of nitrogens with one attached hydrogen (secondary N) is 3. The van der Waals surface area contributed by atoms with E-state index < -0.39 is 0 Å². The third-order valence-corrected chi connectivity index (χ3v) is 5.21. The van der Waals surface area contributed by atoms with Gasteiger partial charge in [0, 0.05) is 20.1 Å². The molecule has 0 aromatic rings. The summed E-state index contributed by atoms with van der Waals surface area (Å²) in [5.41, 5.74) is 3.78. The van der Waals surface area contributed by atoms with Gasteiger partial charge in [-0.2, -0.15) is 0 Å². The van der Waals surface area contributed by atoms with E-state index in [0.29, 0.717) is 11.4 Å². The maximum absolute atomic E-state index is 8.17. The third-order valence-electron chi connectivity index (χ3n) is 4.32. The van der Waals surface area contributed by atoms with Crippen LogP contribution < -0.4 is 10.6 Å². The van der Waals surface area contributed by atoms with Crippen LogP contribution in [0.25, 0.3) is 0 Å². The molecule has 7 nitrogen and oxygen atoms in total. The predicted octanol–water partition coefficient (Wildman–Crippen LogP) is 4.32. The van der Waals surface area contributed by atoms with Gasteiger partial charge in [0.25, 0.3) is 0 Å². The van der Waals surface area contributed by atoms with E-state index >= 15 is 0 Å². The molecular weight excluding hydrogens is 398 g/mol. The first-order chi connectivity index (χ1) is 14.3. The molecule has 1 aliphatic heterocycles. The van der Waals surface area contributed by atoms with Gasteiger partial charge in [-0.1, -0.05) is 25.3 Å². The molecule has 0 saturated carbocycles. The average molecular weight is 434 g/mol. The molecule has 166 valence electrons. The summed E-state index contributed by atoms with van der Waals surface area (Å²) in [5.74, 6) is 2.25. The molecule has 8 heteroatoms. The Bertz CT molecular complexity index is 765. The molecule has 1 heterocycles. The molecule has 0 atom stereocenters. The second kappa shape index (κ2) is 13.7. The summed E-state index contributed by atoms with van der Waals surface area (Å²) in [6.45, 7) is 16.3. The Balaban J connectivity index is 3.01. The molecular formula is C22H35N5O2S. The third kappa shape index (κ3) is 8.12. The molecule has 0 spiro atoms. The lowest BCUT2D eigenvalue weighted by atomic mass is 10.2. The normalized spacial score (nSPS) is 18.1. The zero-order valence-corrected chi connectivity index (χ0v) is 19.8. The number of aliphatic imine (C=N–C) groups is 1. The second-order valence-corrected chi connectivity index (χ2v) is 7.66.